The van der Waals surface area contributed by atoms with Crippen LogP contribution >= 0.6 is 0 Å². The summed E-state index contributed by atoms with van der Waals surface area (Å²) in [4.78, 5) is 22.3. The number of nitrogens with zero attached hydrogens (tertiary/aromatic N) is 2. The first-order valence-electron chi connectivity index (χ1n) is 7.27. The third-order valence-corrected chi connectivity index (χ3v) is 3.17. The van der Waals surface area contributed by atoms with Crippen molar-refractivity contribution in [3.63, 3.8) is 0 Å². The Kier molecular flexibility index (Phi) is 5.62. The lowest BCUT2D eigenvalue weighted by molar-refractivity contribution is -0.386. The van der Waals surface area contributed by atoms with E-state index < -0.39 is 16.9 Å². The van der Waals surface area contributed by atoms with Crippen molar-refractivity contribution in [2.75, 3.05) is 0 Å². The highest BCUT2D eigenvalue weighted by atomic mass is 16.6. The lowest BCUT2D eigenvalue weighted by Gasteiger charge is -2.12. The number of carbonyl (C=O) groups is 1. The van der Waals surface area contributed by atoms with Crippen LogP contribution in [-0.2, 0) is 4.79 Å². The van der Waals surface area contributed by atoms with Crippen molar-refractivity contribution in [3.8, 4) is 5.75 Å². The molecule has 0 saturated heterocycles. The van der Waals surface area contributed by atoms with Gasteiger partial charge in [0.05, 0.1) is 11.1 Å². The molecule has 0 spiro atoms. The molecule has 0 fully saturated rings. The predicted molar refractivity (Wildman–Crippen MR) is 90.1 cm³/mol. The van der Waals surface area contributed by atoms with Crippen LogP contribution in [0.5, 0.6) is 5.75 Å². The van der Waals surface area contributed by atoms with E-state index in [1.807, 2.05) is 31.2 Å². The molecular weight excluding hydrogens is 310 g/mol. The monoisotopic (exact) mass is 327 g/mol. The third-order valence-electron chi connectivity index (χ3n) is 3.17. The van der Waals surface area contributed by atoms with Gasteiger partial charge in [0.25, 0.3) is 5.91 Å². The summed E-state index contributed by atoms with van der Waals surface area (Å²) in [6.07, 6.45) is 0.587. The number of nitrogens with one attached hydrogen (secondary N) is 1. The van der Waals surface area contributed by atoms with Gasteiger partial charge in [-0.1, -0.05) is 42.0 Å². The fraction of sp³-hybridized carbons (Fsp3) is 0.176. The van der Waals surface area contributed by atoms with Crippen LogP contribution in [0.15, 0.2) is 53.6 Å². The molecule has 1 atom stereocenters. The molecule has 0 aliphatic heterocycles. The molecule has 2 aromatic carbocycles. The number of benzene rings is 2. The van der Waals surface area contributed by atoms with Crippen molar-refractivity contribution in [2.45, 2.75) is 20.0 Å². The van der Waals surface area contributed by atoms with Gasteiger partial charge in [0.1, 0.15) is 0 Å². The Morgan fingerprint density at radius 1 is 1.29 bits per heavy atom. The van der Waals surface area contributed by atoms with Crippen LogP contribution in [0.4, 0.5) is 5.69 Å². The summed E-state index contributed by atoms with van der Waals surface area (Å²) in [5, 5.41) is 14.8. The lowest BCUT2D eigenvalue weighted by Crippen LogP contribution is -2.33. The molecule has 0 unspecified atom stereocenters. The molecule has 7 nitrogen and oxygen atoms in total. The number of nitro benzene ring substituents is 1. The molecule has 0 aliphatic rings. The molecule has 0 aliphatic carbocycles. The van der Waals surface area contributed by atoms with E-state index in [-0.39, 0.29) is 11.4 Å². The molecule has 1 N–H and O–H groups in total. The number of carbonyl (C=O) groups excluding carboxylic acids is 1. The fourth-order valence-electron chi connectivity index (χ4n) is 1.96. The van der Waals surface area contributed by atoms with E-state index in [4.69, 9.17) is 4.74 Å². The SMILES string of the molecule is Cc1cccc(C=NNC(=O)[C@@H](C)Oc2ccccc2[N+](=O)[O-])c1. The zero-order chi connectivity index (χ0) is 17.5. The van der Waals surface area contributed by atoms with Gasteiger partial charge in [0.2, 0.25) is 0 Å². The third kappa shape index (κ3) is 4.64. The van der Waals surface area contributed by atoms with Gasteiger partial charge < -0.3 is 4.74 Å². The highest BCUT2D eigenvalue weighted by Crippen LogP contribution is 2.26. The Morgan fingerprint density at radius 2 is 2.04 bits per heavy atom. The molecule has 0 saturated carbocycles. The number of nitro groups is 1. The maximum absolute atomic E-state index is 12.0. The van der Waals surface area contributed by atoms with Crippen molar-refractivity contribution in [3.05, 3.63) is 69.8 Å². The van der Waals surface area contributed by atoms with Crippen LogP contribution in [0.25, 0.3) is 0 Å². The summed E-state index contributed by atoms with van der Waals surface area (Å²) in [6, 6.07) is 13.5. The number of aryl methyl sites for hydroxylation is 1. The van der Waals surface area contributed by atoms with Crippen molar-refractivity contribution in [1.29, 1.82) is 0 Å². The predicted octanol–water partition coefficient (Wildman–Crippen LogP) is 2.82. The Balaban J connectivity index is 1.97. The largest absolute Gasteiger partial charge is 0.474 e. The number of hydrogen-bond donors (Lipinski definition) is 1. The Hall–Kier alpha value is -3.22. The molecule has 124 valence electrons. The van der Waals surface area contributed by atoms with Gasteiger partial charge in [-0.25, -0.2) is 5.43 Å². The van der Waals surface area contributed by atoms with Crippen molar-refractivity contribution in [2.24, 2.45) is 5.10 Å². The van der Waals surface area contributed by atoms with Crippen LogP contribution in [0.2, 0.25) is 0 Å². The second-order valence-electron chi connectivity index (χ2n) is 5.13. The standard InChI is InChI=1S/C17H17N3O4/c1-12-6-5-7-14(10-12)11-18-19-17(21)13(2)24-16-9-4-3-8-15(16)20(22)23/h3-11,13H,1-2H3,(H,19,21)/t13-/m1/s1. The van der Waals surface area contributed by atoms with Gasteiger partial charge in [-0.2, -0.15) is 5.10 Å². The van der Waals surface area contributed by atoms with E-state index in [0.29, 0.717) is 0 Å². The number of rotatable bonds is 6. The quantitative estimate of drug-likeness (QED) is 0.501. The Morgan fingerprint density at radius 3 is 2.75 bits per heavy atom. The van der Waals surface area contributed by atoms with E-state index in [9.17, 15) is 14.9 Å². The summed E-state index contributed by atoms with van der Waals surface area (Å²) in [6.45, 7) is 3.45. The minimum atomic E-state index is -0.930. The van der Waals surface area contributed by atoms with Crippen LogP contribution in [0, 0.1) is 17.0 Å². The molecular formula is C17H17N3O4. The van der Waals surface area contributed by atoms with Gasteiger partial charge in [-0.3, -0.25) is 14.9 Å². The minimum Gasteiger partial charge on any atom is -0.474 e. The smallest absolute Gasteiger partial charge is 0.310 e. The van der Waals surface area contributed by atoms with Crippen molar-refractivity contribution >= 4 is 17.8 Å². The average molecular weight is 327 g/mol. The molecule has 7 heteroatoms. The summed E-state index contributed by atoms with van der Waals surface area (Å²) >= 11 is 0. The summed E-state index contributed by atoms with van der Waals surface area (Å²) in [7, 11) is 0. The Labute approximate surface area is 139 Å². The summed E-state index contributed by atoms with van der Waals surface area (Å²) < 4.78 is 5.36. The van der Waals surface area contributed by atoms with Gasteiger partial charge in [0, 0.05) is 6.07 Å². The number of hydrazone groups is 1. The maximum Gasteiger partial charge on any atom is 0.310 e. The molecule has 0 bridgehead atoms. The van der Waals surface area contributed by atoms with E-state index in [1.54, 1.807) is 6.07 Å². The molecule has 24 heavy (non-hydrogen) atoms. The summed E-state index contributed by atoms with van der Waals surface area (Å²) in [5.41, 5.74) is 4.09. The van der Waals surface area contributed by atoms with Gasteiger partial charge >= 0.3 is 5.69 Å². The first-order chi connectivity index (χ1) is 11.5. The first kappa shape index (κ1) is 17.1. The zero-order valence-corrected chi connectivity index (χ0v) is 13.3. The van der Waals surface area contributed by atoms with Crippen LogP contribution in [0.3, 0.4) is 0 Å². The second kappa shape index (κ2) is 7.87. The maximum atomic E-state index is 12.0. The van der Waals surface area contributed by atoms with Crippen molar-refractivity contribution < 1.29 is 14.5 Å². The van der Waals surface area contributed by atoms with E-state index in [0.717, 1.165) is 11.1 Å². The average Bonchev–Trinajstić information content (AvgIpc) is 2.55. The molecule has 1 amide bonds. The molecule has 2 aromatic rings. The van der Waals surface area contributed by atoms with Gasteiger partial charge in [-0.15, -0.1) is 0 Å². The first-order valence-corrected chi connectivity index (χ1v) is 7.27. The Bertz CT molecular complexity index is 774. The number of para-hydroxylation sites is 2. The topological polar surface area (TPSA) is 93.8 Å². The van der Waals surface area contributed by atoms with E-state index in [1.165, 1.54) is 31.3 Å². The van der Waals surface area contributed by atoms with E-state index in [2.05, 4.69) is 10.5 Å². The molecule has 2 rings (SSSR count). The van der Waals surface area contributed by atoms with Gasteiger partial charge in [0.15, 0.2) is 11.9 Å². The number of amides is 1. The molecule has 0 radical (unpaired) electrons. The second-order valence-corrected chi connectivity index (χ2v) is 5.13. The molecule has 0 heterocycles. The highest BCUT2D eigenvalue weighted by molar-refractivity contribution is 5.84. The summed E-state index contributed by atoms with van der Waals surface area (Å²) in [5.74, 6) is -0.468. The lowest BCUT2D eigenvalue weighted by atomic mass is 10.2. The van der Waals surface area contributed by atoms with Crippen LogP contribution in [0.1, 0.15) is 18.1 Å². The minimum absolute atomic E-state index is 0.0350. The highest BCUT2D eigenvalue weighted by Gasteiger charge is 2.20. The van der Waals surface area contributed by atoms with Crippen LogP contribution < -0.4 is 10.2 Å². The van der Waals surface area contributed by atoms with Gasteiger partial charge in [-0.05, 0) is 25.5 Å². The van der Waals surface area contributed by atoms with Crippen molar-refractivity contribution in [1.82, 2.24) is 5.43 Å². The molecule has 0 aromatic heterocycles. The fourth-order valence-corrected chi connectivity index (χ4v) is 1.96. The number of ether oxygens (including phenoxy) is 1. The normalized spacial score (nSPS) is 11.9. The van der Waals surface area contributed by atoms with Crippen LogP contribution in [-0.4, -0.2) is 23.1 Å². The number of hydrogen-bond acceptors (Lipinski definition) is 5. The van der Waals surface area contributed by atoms with E-state index >= 15 is 0 Å². The zero-order valence-electron chi connectivity index (χ0n) is 13.3.